The number of aromatic nitrogens is 1. The fraction of sp³-hybridized carbons (Fsp3) is 0. The molecule has 3 heterocycles. The third-order valence-corrected chi connectivity index (χ3v) is 5.67. The zero-order valence-electron chi connectivity index (χ0n) is 12.2. The van der Waals surface area contributed by atoms with Crippen LogP contribution in [-0.2, 0) is 4.79 Å². The first kappa shape index (κ1) is 15.3. The first-order valence-corrected chi connectivity index (χ1v) is 9.16. The summed E-state index contributed by atoms with van der Waals surface area (Å²) in [6.07, 6.45) is 3.48. The van der Waals surface area contributed by atoms with Gasteiger partial charge in [-0.1, -0.05) is 30.0 Å². The monoisotopic (exact) mass is 370 g/mol. The minimum Gasteiger partial charge on any atom is -0.361 e. The lowest BCUT2D eigenvalue weighted by atomic mass is 10.1. The minimum atomic E-state index is -0.155. The van der Waals surface area contributed by atoms with Gasteiger partial charge < -0.3 is 10.3 Å². The van der Waals surface area contributed by atoms with Gasteiger partial charge in [0.2, 0.25) is 0 Å². The Morgan fingerprint density at radius 1 is 1.08 bits per heavy atom. The molecule has 3 aromatic rings. The number of pyridine rings is 1. The molecule has 1 aromatic carbocycles. The predicted molar refractivity (Wildman–Crippen MR) is 104 cm³/mol. The van der Waals surface area contributed by atoms with Crippen molar-refractivity contribution in [1.82, 2.24) is 10.3 Å². The summed E-state index contributed by atoms with van der Waals surface area (Å²) in [7, 11) is 0. The van der Waals surface area contributed by atoms with Crippen LogP contribution in [0.1, 0.15) is 4.88 Å². The van der Waals surface area contributed by atoms with Gasteiger partial charge in [0.15, 0.2) is 5.43 Å². The summed E-state index contributed by atoms with van der Waals surface area (Å²) in [6, 6.07) is 9.29. The van der Waals surface area contributed by atoms with Crippen molar-refractivity contribution < 1.29 is 4.79 Å². The van der Waals surface area contributed by atoms with Crippen molar-refractivity contribution in [1.29, 1.82) is 0 Å². The Bertz CT molecular complexity index is 1080. The lowest BCUT2D eigenvalue weighted by molar-refractivity contribution is -0.115. The second-order valence-electron chi connectivity index (χ2n) is 5.19. The molecule has 0 unspecified atom stereocenters. The second kappa shape index (κ2) is 6.01. The predicted octanol–water partition coefficient (Wildman–Crippen LogP) is 3.75. The molecule has 1 saturated heterocycles. The molecule has 1 aliphatic rings. The number of aromatic amines is 1. The van der Waals surface area contributed by atoms with E-state index in [1.54, 1.807) is 17.5 Å². The average Bonchev–Trinajstić information content (AvgIpc) is 3.15. The van der Waals surface area contributed by atoms with E-state index in [2.05, 4.69) is 10.3 Å². The molecule has 2 N–H and O–H groups in total. The molecule has 7 heteroatoms. The molecule has 0 saturated carbocycles. The number of thioether (sulfide) groups is 1. The molecule has 4 nitrogen and oxygen atoms in total. The van der Waals surface area contributed by atoms with E-state index in [0.29, 0.717) is 14.6 Å². The number of benzene rings is 1. The van der Waals surface area contributed by atoms with Gasteiger partial charge in [0, 0.05) is 28.0 Å². The van der Waals surface area contributed by atoms with Gasteiger partial charge in [-0.2, -0.15) is 0 Å². The molecule has 0 atom stereocenters. The Balaban J connectivity index is 1.72. The Kier molecular flexibility index (Phi) is 3.84. The van der Waals surface area contributed by atoms with Gasteiger partial charge in [0.05, 0.1) is 4.91 Å². The quantitative estimate of drug-likeness (QED) is 0.533. The third-order valence-electron chi connectivity index (χ3n) is 3.63. The first-order valence-electron chi connectivity index (χ1n) is 7.05. The van der Waals surface area contributed by atoms with E-state index < -0.39 is 0 Å². The van der Waals surface area contributed by atoms with E-state index in [0.717, 1.165) is 21.5 Å². The van der Waals surface area contributed by atoms with Gasteiger partial charge in [0.25, 0.3) is 5.91 Å². The van der Waals surface area contributed by atoms with E-state index in [9.17, 15) is 9.59 Å². The zero-order valence-corrected chi connectivity index (χ0v) is 14.6. The van der Waals surface area contributed by atoms with E-state index in [4.69, 9.17) is 12.2 Å². The highest BCUT2D eigenvalue weighted by molar-refractivity contribution is 8.26. The number of thiocarbonyl (C=S) groups is 1. The first-order chi connectivity index (χ1) is 11.6. The largest absolute Gasteiger partial charge is 0.361 e. The molecule has 1 aliphatic heterocycles. The molecule has 0 spiro atoms. The van der Waals surface area contributed by atoms with Crippen molar-refractivity contribution in [3.8, 4) is 11.1 Å². The van der Waals surface area contributed by atoms with Crippen LogP contribution >= 0.6 is 35.3 Å². The summed E-state index contributed by atoms with van der Waals surface area (Å²) < 4.78 is 0.483. The van der Waals surface area contributed by atoms with Gasteiger partial charge in [-0.05, 0) is 40.8 Å². The number of thiophene rings is 1. The molecule has 0 bridgehead atoms. The summed E-state index contributed by atoms with van der Waals surface area (Å²) in [5.41, 5.74) is 2.80. The molecule has 0 radical (unpaired) electrons. The topological polar surface area (TPSA) is 62.0 Å². The fourth-order valence-corrected chi connectivity index (χ4v) is 4.44. The van der Waals surface area contributed by atoms with Crippen molar-refractivity contribution >= 4 is 62.5 Å². The minimum absolute atomic E-state index is 0.00397. The van der Waals surface area contributed by atoms with Crippen molar-refractivity contribution in [3.63, 3.8) is 0 Å². The summed E-state index contributed by atoms with van der Waals surface area (Å²) in [4.78, 5) is 28.3. The highest BCUT2D eigenvalue weighted by Gasteiger charge is 2.22. The number of hydrogen-bond acceptors (Lipinski definition) is 5. The van der Waals surface area contributed by atoms with Gasteiger partial charge in [-0.15, -0.1) is 11.3 Å². The molecule has 2 aromatic heterocycles. The number of hydrogen-bond donors (Lipinski definition) is 2. The van der Waals surface area contributed by atoms with Gasteiger partial charge >= 0.3 is 0 Å². The summed E-state index contributed by atoms with van der Waals surface area (Å²) in [6.45, 7) is 0. The van der Waals surface area contributed by atoms with Crippen LogP contribution < -0.4 is 10.7 Å². The summed E-state index contributed by atoms with van der Waals surface area (Å²) in [5.74, 6) is -0.155. The fourth-order valence-electron chi connectivity index (χ4n) is 2.48. The number of amides is 1. The Morgan fingerprint density at radius 2 is 1.96 bits per heavy atom. The molecule has 24 heavy (non-hydrogen) atoms. The molecular weight excluding hydrogens is 360 g/mol. The van der Waals surface area contributed by atoms with Crippen LogP contribution in [0.15, 0.2) is 51.6 Å². The Hall–Kier alpha value is -2.22. The number of nitrogens with one attached hydrogen (secondary N) is 2. The maximum atomic E-state index is 12.0. The van der Waals surface area contributed by atoms with Gasteiger partial charge in [-0.25, -0.2) is 0 Å². The van der Waals surface area contributed by atoms with Crippen LogP contribution in [0.25, 0.3) is 28.1 Å². The van der Waals surface area contributed by atoms with Crippen LogP contribution in [0.5, 0.6) is 0 Å². The highest BCUT2D eigenvalue weighted by atomic mass is 32.2. The van der Waals surface area contributed by atoms with Crippen molar-refractivity contribution in [3.05, 3.63) is 61.9 Å². The number of carbonyl (C=O) groups is 1. The third kappa shape index (κ3) is 2.82. The van der Waals surface area contributed by atoms with Crippen LogP contribution in [0, 0.1) is 0 Å². The number of fused-ring (bicyclic) bond motifs is 1. The molecule has 118 valence electrons. The normalized spacial score (nSPS) is 16.1. The van der Waals surface area contributed by atoms with Crippen molar-refractivity contribution in [2.75, 3.05) is 0 Å². The summed E-state index contributed by atoms with van der Waals surface area (Å²) in [5, 5.41) is 5.28. The number of H-pyrrole nitrogens is 1. The standard InChI is InChI=1S/C17H10N2O2S3/c20-14-3-4-18-13-2-1-9(6-12(13)14)10-5-11(23-8-10)7-15-16(21)19-17(22)24-15/h1-8H,(H,18,20)(H,19,21,22)/b15-7-. The molecule has 4 rings (SSSR count). The Labute approximate surface area is 150 Å². The van der Waals surface area contributed by atoms with Crippen LogP contribution in [0.2, 0.25) is 0 Å². The van der Waals surface area contributed by atoms with E-state index in [1.807, 2.05) is 35.7 Å². The average molecular weight is 370 g/mol. The highest BCUT2D eigenvalue weighted by Crippen LogP contribution is 2.31. The van der Waals surface area contributed by atoms with Gasteiger partial charge in [-0.3, -0.25) is 9.59 Å². The lowest BCUT2D eigenvalue weighted by Crippen LogP contribution is -2.17. The molecule has 1 amide bonds. The summed E-state index contributed by atoms with van der Waals surface area (Å²) >= 11 is 7.80. The second-order valence-corrected chi connectivity index (χ2v) is 7.85. The number of carbonyl (C=O) groups excluding carboxylic acids is 1. The lowest BCUT2D eigenvalue weighted by Gasteiger charge is -2.01. The van der Waals surface area contributed by atoms with E-state index in [1.165, 1.54) is 17.8 Å². The smallest absolute Gasteiger partial charge is 0.263 e. The Morgan fingerprint density at radius 3 is 2.75 bits per heavy atom. The van der Waals surface area contributed by atoms with Crippen LogP contribution in [-0.4, -0.2) is 15.2 Å². The van der Waals surface area contributed by atoms with Gasteiger partial charge in [0.1, 0.15) is 4.32 Å². The van der Waals surface area contributed by atoms with E-state index >= 15 is 0 Å². The van der Waals surface area contributed by atoms with Crippen molar-refractivity contribution in [2.24, 2.45) is 0 Å². The maximum absolute atomic E-state index is 12.0. The molecule has 1 fully saturated rings. The van der Waals surface area contributed by atoms with E-state index in [-0.39, 0.29) is 11.3 Å². The van der Waals surface area contributed by atoms with Crippen molar-refractivity contribution in [2.45, 2.75) is 0 Å². The zero-order chi connectivity index (χ0) is 16.7. The van der Waals surface area contributed by atoms with Crippen LogP contribution in [0.4, 0.5) is 0 Å². The maximum Gasteiger partial charge on any atom is 0.263 e. The molecular formula is C17H10N2O2S3. The number of rotatable bonds is 2. The molecule has 0 aliphatic carbocycles. The van der Waals surface area contributed by atoms with Crippen LogP contribution in [0.3, 0.4) is 0 Å². The SMILES string of the molecule is O=C1NC(=S)S/C1=C\c1cc(-c2ccc3[nH]ccc(=O)c3c2)cs1.